The SMILES string of the molecule is O=C1CN(c2ncc(C(=O)Nc3ccc(OC(F)(F)Cl)cc3)cc2-c2ccnn2C2CCCCCO2)C1. The minimum Gasteiger partial charge on any atom is -0.420 e. The summed E-state index contributed by atoms with van der Waals surface area (Å²) in [6.45, 7) is 1.13. The molecule has 4 heterocycles. The second kappa shape index (κ2) is 10.4. The monoisotopic (exact) mass is 531 g/mol. The van der Waals surface area contributed by atoms with Crippen LogP contribution in [0.2, 0.25) is 0 Å². The zero-order valence-electron chi connectivity index (χ0n) is 19.7. The summed E-state index contributed by atoms with van der Waals surface area (Å²) in [5.41, 5.74) is -1.81. The first-order valence-electron chi connectivity index (χ1n) is 11.9. The number of carbonyl (C=O) groups excluding carboxylic acids is 2. The Morgan fingerprint density at radius 3 is 2.68 bits per heavy atom. The summed E-state index contributed by atoms with van der Waals surface area (Å²) in [5, 5.41) is 7.22. The van der Waals surface area contributed by atoms with Crippen molar-refractivity contribution in [1.82, 2.24) is 14.8 Å². The van der Waals surface area contributed by atoms with Crippen LogP contribution in [0.4, 0.5) is 20.3 Å². The van der Waals surface area contributed by atoms with Crippen molar-refractivity contribution in [2.75, 3.05) is 29.9 Å². The highest BCUT2D eigenvalue weighted by Gasteiger charge is 2.30. The van der Waals surface area contributed by atoms with Gasteiger partial charge in [-0.1, -0.05) is 6.42 Å². The molecule has 9 nitrogen and oxygen atoms in total. The van der Waals surface area contributed by atoms with Gasteiger partial charge in [0.1, 0.15) is 11.6 Å². The number of pyridine rings is 1. The van der Waals surface area contributed by atoms with E-state index in [9.17, 15) is 18.4 Å². The summed E-state index contributed by atoms with van der Waals surface area (Å²) in [7, 11) is 0. The normalized spacial score (nSPS) is 18.2. The zero-order chi connectivity index (χ0) is 26.0. The van der Waals surface area contributed by atoms with Crippen molar-refractivity contribution in [2.45, 2.75) is 37.5 Å². The molecule has 2 saturated heterocycles. The molecule has 37 heavy (non-hydrogen) atoms. The summed E-state index contributed by atoms with van der Waals surface area (Å²) in [6.07, 6.45) is 6.79. The predicted octanol–water partition coefficient (Wildman–Crippen LogP) is 4.84. The van der Waals surface area contributed by atoms with Gasteiger partial charge in [-0.2, -0.15) is 5.10 Å². The van der Waals surface area contributed by atoms with Gasteiger partial charge in [0, 0.05) is 41.9 Å². The number of alkyl halides is 3. The topological polar surface area (TPSA) is 98.6 Å². The molecule has 1 aromatic carbocycles. The van der Waals surface area contributed by atoms with E-state index < -0.39 is 11.5 Å². The van der Waals surface area contributed by atoms with Crippen LogP contribution in [0.5, 0.6) is 5.75 Å². The molecular weight excluding hydrogens is 508 g/mol. The number of nitrogens with one attached hydrogen (secondary N) is 1. The molecule has 0 radical (unpaired) electrons. The van der Waals surface area contributed by atoms with E-state index in [-0.39, 0.29) is 36.4 Å². The number of ketones is 1. The molecular formula is C25H24ClF2N5O4. The number of anilines is 2. The number of ether oxygens (including phenoxy) is 2. The lowest BCUT2D eigenvalue weighted by atomic mass is 10.1. The van der Waals surface area contributed by atoms with Gasteiger partial charge in [-0.05, 0) is 55.7 Å². The molecule has 194 valence electrons. The quantitative estimate of drug-likeness (QED) is 0.435. The molecule has 0 aliphatic carbocycles. The smallest absolute Gasteiger partial charge is 0.420 e. The van der Waals surface area contributed by atoms with Gasteiger partial charge < -0.3 is 19.7 Å². The highest BCUT2D eigenvalue weighted by atomic mass is 35.5. The molecule has 2 fully saturated rings. The second-order valence-corrected chi connectivity index (χ2v) is 9.29. The molecule has 2 aliphatic rings. The van der Waals surface area contributed by atoms with Crippen molar-refractivity contribution in [3.63, 3.8) is 0 Å². The summed E-state index contributed by atoms with van der Waals surface area (Å²) >= 11 is 4.79. The first kappa shape index (κ1) is 25.1. The van der Waals surface area contributed by atoms with Crippen LogP contribution in [0.25, 0.3) is 11.3 Å². The maximum Gasteiger partial charge on any atom is 0.487 e. The van der Waals surface area contributed by atoms with E-state index in [1.54, 1.807) is 16.9 Å². The lowest BCUT2D eigenvalue weighted by molar-refractivity contribution is -0.119. The lowest BCUT2D eigenvalue weighted by Crippen LogP contribution is -2.48. The molecule has 12 heteroatoms. The summed E-state index contributed by atoms with van der Waals surface area (Å²) in [5.74, 6) is 0.0852. The van der Waals surface area contributed by atoms with E-state index in [0.717, 1.165) is 31.4 Å². The molecule has 0 saturated carbocycles. The number of halogens is 3. The van der Waals surface area contributed by atoms with Gasteiger partial charge in [0.25, 0.3) is 5.91 Å². The third kappa shape index (κ3) is 5.89. The average Bonchev–Trinajstić information content (AvgIpc) is 3.17. The standard InChI is InChI=1S/C25H24ClF2N5O4/c26-25(27,28)37-19-7-5-17(6-8-19)31-24(35)16-12-20(23(29-13-16)32-14-18(34)15-32)21-9-10-30-33(21)22-4-2-1-3-11-36-22/h5-10,12-13,22H,1-4,11,14-15H2,(H,31,35). The van der Waals surface area contributed by atoms with Gasteiger partial charge in [0.2, 0.25) is 0 Å². The Balaban J connectivity index is 1.42. The summed E-state index contributed by atoms with van der Waals surface area (Å²) in [4.78, 5) is 31.1. The van der Waals surface area contributed by atoms with Gasteiger partial charge >= 0.3 is 5.57 Å². The highest BCUT2D eigenvalue weighted by molar-refractivity contribution is 6.20. The number of hydrogen-bond donors (Lipinski definition) is 1. The van der Waals surface area contributed by atoms with E-state index >= 15 is 0 Å². The fourth-order valence-corrected chi connectivity index (χ4v) is 4.43. The fourth-order valence-electron chi connectivity index (χ4n) is 4.35. The van der Waals surface area contributed by atoms with Crippen LogP contribution >= 0.6 is 11.6 Å². The van der Waals surface area contributed by atoms with Gasteiger partial charge in [-0.15, -0.1) is 8.78 Å². The molecule has 5 rings (SSSR count). The first-order valence-corrected chi connectivity index (χ1v) is 12.2. The Morgan fingerprint density at radius 1 is 1.16 bits per heavy atom. The van der Waals surface area contributed by atoms with Crippen LogP contribution in [-0.4, -0.2) is 51.7 Å². The van der Waals surface area contributed by atoms with Gasteiger partial charge in [0.05, 0.1) is 24.3 Å². The number of nitrogens with zero attached hydrogens (tertiary/aromatic N) is 4. The molecule has 3 aromatic rings. The molecule has 1 amide bonds. The number of hydrogen-bond acceptors (Lipinski definition) is 7. The first-order chi connectivity index (χ1) is 17.8. The fraction of sp³-hybridized carbons (Fsp3) is 0.360. The number of aromatic nitrogens is 3. The lowest BCUT2D eigenvalue weighted by Gasteiger charge is -2.32. The minimum atomic E-state index is -3.83. The van der Waals surface area contributed by atoms with E-state index in [0.29, 0.717) is 23.7 Å². The highest BCUT2D eigenvalue weighted by Crippen LogP contribution is 2.35. The van der Waals surface area contributed by atoms with Crippen molar-refractivity contribution < 1.29 is 27.8 Å². The van der Waals surface area contributed by atoms with Gasteiger partial charge in [0.15, 0.2) is 12.0 Å². The largest absolute Gasteiger partial charge is 0.487 e. The van der Waals surface area contributed by atoms with Crippen LogP contribution in [-0.2, 0) is 9.53 Å². The Kier molecular flexibility index (Phi) is 7.07. The van der Waals surface area contributed by atoms with Crippen molar-refractivity contribution in [2.24, 2.45) is 0 Å². The van der Waals surface area contributed by atoms with Crippen LogP contribution in [0.1, 0.15) is 42.3 Å². The Labute approximate surface area is 216 Å². The molecule has 1 N–H and O–H groups in total. The molecule has 2 aliphatic heterocycles. The number of amides is 1. The third-order valence-corrected chi connectivity index (χ3v) is 6.21. The molecule has 0 spiro atoms. The Bertz CT molecular complexity index is 1280. The minimum absolute atomic E-state index is 0.106. The van der Waals surface area contributed by atoms with Crippen molar-refractivity contribution in [3.05, 3.63) is 54.4 Å². The Morgan fingerprint density at radius 2 is 1.95 bits per heavy atom. The summed E-state index contributed by atoms with van der Waals surface area (Å²) < 4.78 is 37.8. The van der Waals surface area contributed by atoms with Gasteiger partial charge in [-0.3, -0.25) is 9.59 Å². The van der Waals surface area contributed by atoms with Crippen molar-refractivity contribution in [1.29, 1.82) is 0 Å². The second-order valence-electron chi connectivity index (χ2n) is 8.85. The van der Waals surface area contributed by atoms with Crippen molar-refractivity contribution in [3.8, 4) is 17.0 Å². The van der Waals surface area contributed by atoms with E-state index in [4.69, 9.17) is 16.3 Å². The summed E-state index contributed by atoms with van der Waals surface area (Å²) in [6, 6.07) is 8.92. The number of Topliss-reactive ketones (excluding diaryl/α,β-unsaturated/α-hetero) is 1. The van der Waals surface area contributed by atoms with Crippen LogP contribution < -0.4 is 15.0 Å². The van der Waals surface area contributed by atoms with E-state index in [1.165, 1.54) is 30.5 Å². The predicted molar refractivity (Wildman–Crippen MR) is 132 cm³/mol. The molecule has 0 bridgehead atoms. The van der Waals surface area contributed by atoms with Gasteiger partial charge in [-0.25, -0.2) is 9.67 Å². The van der Waals surface area contributed by atoms with Crippen molar-refractivity contribution >= 4 is 34.8 Å². The number of rotatable bonds is 7. The Hall–Kier alpha value is -3.57. The zero-order valence-corrected chi connectivity index (χ0v) is 20.5. The number of carbonyl (C=O) groups is 2. The van der Waals surface area contributed by atoms with Crippen LogP contribution in [0.15, 0.2) is 48.8 Å². The van der Waals surface area contributed by atoms with Crippen LogP contribution in [0.3, 0.4) is 0 Å². The van der Waals surface area contributed by atoms with E-state index in [1.807, 2.05) is 11.0 Å². The number of benzene rings is 1. The third-order valence-electron chi connectivity index (χ3n) is 6.13. The molecule has 1 atom stereocenters. The van der Waals surface area contributed by atoms with Crippen LogP contribution in [0, 0.1) is 0 Å². The maximum absolute atomic E-state index is 13.1. The molecule has 1 unspecified atom stereocenters. The maximum atomic E-state index is 13.1. The molecule has 2 aromatic heterocycles. The average molecular weight is 532 g/mol. The van der Waals surface area contributed by atoms with E-state index in [2.05, 4.69) is 20.1 Å².